The molecule has 120 valence electrons. The summed E-state index contributed by atoms with van der Waals surface area (Å²) in [7, 11) is 0. The minimum atomic E-state index is 0.0481. The van der Waals surface area contributed by atoms with Crippen LogP contribution in [-0.2, 0) is 0 Å². The highest BCUT2D eigenvalue weighted by Gasteiger charge is 2.54. The van der Waals surface area contributed by atoms with Crippen molar-refractivity contribution in [3.63, 3.8) is 0 Å². The summed E-state index contributed by atoms with van der Waals surface area (Å²) in [4.78, 5) is 12.3. The lowest BCUT2D eigenvalue weighted by Gasteiger charge is -2.59. The smallest absolute Gasteiger partial charge is 0.315 e. The molecule has 0 saturated heterocycles. The Bertz CT molecular complexity index is 357. The Morgan fingerprint density at radius 1 is 1.00 bits per heavy atom. The lowest BCUT2D eigenvalue weighted by molar-refractivity contribution is -0.0721. The van der Waals surface area contributed by atoms with Crippen molar-refractivity contribution in [2.45, 2.75) is 84.2 Å². The van der Waals surface area contributed by atoms with E-state index in [9.17, 15) is 4.79 Å². The van der Waals surface area contributed by atoms with Gasteiger partial charge in [0, 0.05) is 12.1 Å². The molecule has 0 radical (unpaired) electrons. The molecule has 4 aliphatic carbocycles. The second-order valence-electron chi connectivity index (χ2n) is 8.17. The van der Waals surface area contributed by atoms with Crippen LogP contribution in [0.1, 0.15) is 72.1 Å². The van der Waals surface area contributed by atoms with E-state index >= 15 is 0 Å². The molecule has 4 fully saturated rings. The molecule has 2 amide bonds. The molecule has 0 aromatic rings. The fraction of sp³-hybridized carbons (Fsp3) is 0.944. The number of hydrogen-bond donors (Lipinski definition) is 2. The zero-order valence-corrected chi connectivity index (χ0v) is 14.0. The lowest BCUT2D eigenvalue weighted by atomic mass is 9.47. The number of nitrogens with one attached hydrogen (secondary N) is 2. The zero-order valence-electron chi connectivity index (χ0n) is 14.0. The number of carbonyl (C=O) groups is 1. The van der Waals surface area contributed by atoms with Crippen LogP contribution in [0.15, 0.2) is 0 Å². The molecular formula is C18H32N2O. The molecule has 0 aromatic carbocycles. The summed E-state index contributed by atoms with van der Waals surface area (Å²) < 4.78 is 0. The van der Waals surface area contributed by atoms with Crippen molar-refractivity contribution < 1.29 is 4.79 Å². The summed E-state index contributed by atoms with van der Waals surface area (Å²) in [6.45, 7) is 6.43. The molecule has 0 unspecified atom stereocenters. The van der Waals surface area contributed by atoms with E-state index in [0.717, 1.165) is 30.6 Å². The molecular weight excluding hydrogens is 260 g/mol. The topological polar surface area (TPSA) is 41.1 Å². The molecule has 21 heavy (non-hydrogen) atoms. The largest absolute Gasteiger partial charge is 0.336 e. The first-order valence-electron chi connectivity index (χ1n) is 9.11. The monoisotopic (exact) mass is 292 g/mol. The van der Waals surface area contributed by atoms with E-state index in [1.807, 2.05) is 0 Å². The molecule has 3 nitrogen and oxygen atoms in total. The Morgan fingerprint density at radius 2 is 1.52 bits per heavy atom. The molecule has 4 rings (SSSR count). The van der Waals surface area contributed by atoms with Crippen LogP contribution in [0.25, 0.3) is 0 Å². The van der Waals surface area contributed by atoms with Gasteiger partial charge in [0.25, 0.3) is 0 Å². The first-order chi connectivity index (χ1) is 10.0. The number of carbonyl (C=O) groups excluding carboxylic acids is 1. The highest BCUT2D eigenvalue weighted by Crippen LogP contribution is 2.61. The molecule has 0 spiro atoms. The number of amides is 2. The molecule has 3 heteroatoms. The predicted molar refractivity (Wildman–Crippen MR) is 86.1 cm³/mol. The second-order valence-corrected chi connectivity index (χ2v) is 8.17. The first-order valence-corrected chi connectivity index (χ1v) is 9.11. The number of urea groups is 1. The molecule has 0 aliphatic heterocycles. The van der Waals surface area contributed by atoms with Gasteiger partial charge in [0.2, 0.25) is 0 Å². The molecule has 0 heterocycles. The van der Waals surface area contributed by atoms with Gasteiger partial charge in [0.1, 0.15) is 0 Å². The summed E-state index contributed by atoms with van der Waals surface area (Å²) in [6.07, 6.45) is 10.5. The summed E-state index contributed by atoms with van der Waals surface area (Å²) in [6, 6.07) is 0.681. The van der Waals surface area contributed by atoms with Crippen LogP contribution in [0.4, 0.5) is 4.79 Å². The molecule has 2 atom stereocenters. The van der Waals surface area contributed by atoms with Crippen LogP contribution in [0, 0.1) is 23.2 Å². The number of hydrogen-bond acceptors (Lipinski definition) is 1. The van der Waals surface area contributed by atoms with Gasteiger partial charge < -0.3 is 10.6 Å². The van der Waals surface area contributed by atoms with Crippen molar-refractivity contribution in [3.05, 3.63) is 0 Å². The third-order valence-electron chi connectivity index (χ3n) is 6.53. The van der Waals surface area contributed by atoms with Gasteiger partial charge in [0.05, 0.1) is 0 Å². The summed E-state index contributed by atoms with van der Waals surface area (Å²) in [5, 5.41) is 6.42. The molecule has 2 N–H and O–H groups in total. The normalized spacial score (nSPS) is 39.9. The van der Waals surface area contributed by atoms with E-state index in [0.29, 0.717) is 11.5 Å². The van der Waals surface area contributed by atoms with Crippen molar-refractivity contribution in [2.24, 2.45) is 23.2 Å². The molecule has 4 bridgehead atoms. The first kappa shape index (κ1) is 15.2. The summed E-state index contributed by atoms with van der Waals surface area (Å²) >= 11 is 0. The van der Waals surface area contributed by atoms with Crippen molar-refractivity contribution in [2.75, 3.05) is 0 Å². The highest BCUT2D eigenvalue weighted by molar-refractivity contribution is 5.74. The third kappa shape index (κ3) is 2.93. The van der Waals surface area contributed by atoms with E-state index in [-0.39, 0.29) is 12.1 Å². The van der Waals surface area contributed by atoms with E-state index in [2.05, 4.69) is 31.4 Å². The quantitative estimate of drug-likeness (QED) is 0.787. The Balaban J connectivity index is 1.67. The van der Waals surface area contributed by atoms with Crippen molar-refractivity contribution in [1.29, 1.82) is 0 Å². The Kier molecular flexibility index (Phi) is 4.20. The van der Waals surface area contributed by atoms with Crippen LogP contribution < -0.4 is 10.6 Å². The second kappa shape index (κ2) is 5.81. The maximum Gasteiger partial charge on any atom is 0.315 e. The van der Waals surface area contributed by atoms with Crippen molar-refractivity contribution in [3.8, 4) is 0 Å². The SMILES string of the molecule is CC[C@H](C)NC(=O)N[C@H](CC)C12CC3CC(CC(C3)C1)C2. The standard InChI is InChI=1S/C18H32N2O/c1-4-12(3)19-17(21)20-16(5-2)18-9-13-6-14(10-18)8-15(7-13)11-18/h12-16H,4-11H2,1-3H3,(H2,19,20,21)/t12-,13?,14?,15?,16+,18?/m0/s1. The van der Waals surface area contributed by atoms with Gasteiger partial charge in [-0.05, 0) is 81.5 Å². The predicted octanol–water partition coefficient (Wildman–Crippen LogP) is 4.08. The number of rotatable bonds is 5. The van der Waals surface area contributed by atoms with Gasteiger partial charge in [-0.25, -0.2) is 4.79 Å². The average Bonchev–Trinajstić information content (AvgIpc) is 2.42. The van der Waals surface area contributed by atoms with Gasteiger partial charge in [-0.2, -0.15) is 0 Å². The van der Waals surface area contributed by atoms with Gasteiger partial charge in [-0.1, -0.05) is 13.8 Å². The zero-order chi connectivity index (χ0) is 15.0. The van der Waals surface area contributed by atoms with Crippen LogP contribution >= 0.6 is 0 Å². The fourth-order valence-corrected chi connectivity index (χ4v) is 5.82. The Hall–Kier alpha value is -0.730. The van der Waals surface area contributed by atoms with Crippen LogP contribution in [-0.4, -0.2) is 18.1 Å². The minimum absolute atomic E-state index is 0.0481. The van der Waals surface area contributed by atoms with E-state index in [4.69, 9.17) is 0 Å². The van der Waals surface area contributed by atoms with Crippen LogP contribution in [0.2, 0.25) is 0 Å². The van der Waals surface area contributed by atoms with Gasteiger partial charge in [-0.15, -0.1) is 0 Å². The maximum absolute atomic E-state index is 12.3. The molecule has 4 saturated carbocycles. The van der Waals surface area contributed by atoms with Crippen LogP contribution in [0.3, 0.4) is 0 Å². The van der Waals surface area contributed by atoms with Gasteiger partial charge >= 0.3 is 6.03 Å². The minimum Gasteiger partial charge on any atom is -0.336 e. The van der Waals surface area contributed by atoms with E-state index in [1.165, 1.54) is 38.5 Å². The highest BCUT2D eigenvalue weighted by atomic mass is 16.2. The molecule has 0 aromatic heterocycles. The summed E-state index contributed by atoms with van der Waals surface area (Å²) in [5.74, 6) is 2.85. The van der Waals surface area contributed by atoms with E-state index in [1.54, 1.807) is 0 Å². The van der Waals surface area contributed by atoms with Crippen molar-refractivity contribution >= 4 is 6.03 Å². The Labute approximate surface area is 129 Å². The average molecular weight is 292 g/mol. The third-order valence-corrected chi connectivity index (χ3v) is 6.53. The van der Waals surface area contributed by atoms with Gasteiger partial charge in [0.15, 0.2) is 0 Å². The fourth-order valence-electron chi connectivity index (χ4n) is 5.82. The lowest BCUT2D eigenvalue weighted by Crippen LogP contribution is -2.58. The van der Waals surface area contributed by atoms with Crippen LogP contribution in [0.5, 0.6) is 0 Å². The maximum atomic E-state index is 12.3. The molecule has 4 aliphatic rings. The van der Waals surface area contributed by atoms with Gasteiger partial charge in [-0.3, -0.25) is 0 Å². The Morgan fingerprint density at radius 3 is 1.95 bits per heavy atom. The van der Waals surface area contributed by atoms with E-state index < -0.39 is 0 Å². The summed E-state index contributed by atoms with van der Waals surface area (Å²) in [5.41, 5.74) is 0.413. The van der Waals surface area contributed by atoms with Crippen molar-refractivity contribution in [1.82, 2.24) is 10.6 Å².